The lowest BCUT2D eigenvalue weighted by atomic mass is 9.94. The number of hydrogen-bond acceptors (Lipinski definition) is 4. The zero-order valence-corrected chi connectivity index (χ0v) is 12.6. The van der Waals surface area contributed by atoms with Crippen LogP contribution in [0.2, 0.25) is 0 Å². The van der Waals surface area contributed by atoms with Crippen molar-refractivity contribution in [1.82, 2.24) is 0 Å². The molecular weight excluding hydrogens is 280 g/mol. The Morgan fingerprint density at radius 3 is 2.45 bits per heavy atom. The van der Waals surface area contributed by atoms with E-state index in [1.54, 1.807) is 0 Å². The largest absolute Gasteiger partial charge is 0.478 e. The fraction of sp³-hybridized carbons (Fsp3) is 0.462. The molecule has 1 aromatic carbocycles. The van der Waals surface area contributed by atoms with E-state index in [0.717, 1.165) is 0 Å². The standard InChI is InChI=1S/C13H20N2O4S/c1-13(2,3)6-7-20(18,19)15-11-5-4-9(14)8-10(11)12(16)17/h4-5,8,15H,6-7,14H2,1-3H3,(H,16,17). The van der Waals surface area contributed by atoms with Crippen LogP contribution in [0.1, 0.15) is 37.6 Å². The highest BCUT2D eigenvalue weighted by atomic mass is 32.2. The van der Waals surface area contributed by atoms with E-state index in [4.69, 9.17) is 10.8 Å². The quantitative estimate of drug-likeness (QED) is 0.722. The highest BCUT2D eigenvalue weighted by molar-refractivity contribution is 7.92. The number of carbonyl (C=O) groups is 1. The molecule has 0 aromatic heterocycles. The molecule has 0 spiro atoms. The third kappa shape index (κ3) is 5.08. The van der Waals surface area contributed by atoms with Gasteiger partial charge < -0.3 is 10.8 Å². The number of benzene rings is 1. The van der Waals surface area contributed by atoms with Crippen molar-refractivity contribution in [3.8, 4) is 0 Å². The number of aromatic carboxylic acids is 1. The molecule has 4 N–H and O–H groups in total. The van der Waals surface area contributed by atoms with E-state index >= 15 is 0 Å². The molecule has 1 aromatic rings. The summed E-state index contributed by atoms with van der Waals surface area (Å²) in [5, 5.41) is 9.06. The number of carboxylic acids is 1. The van der Waals surface area contributed by atoms with Crippen molar-refractivity contribution in [2.24, 2.45) is 5.41 Å². The van der Waals surface area contributed by atoms with Crippen LogP contribution >= 0.6 is 0 Å². The Bertz CT molecular complexity index is 603. The van der Waals surface area contributed by atoms with Gasteiger partial charge >= 0.3 is 5.97 Å². The second-order valence-corrected chi connectivity index (χ2v) is 7.68. The van der Waals surface area contributed by atoms with Crippen LogP contribution in [0.25, 0.3) is 0 Å². The van der Waals surface area contributed by atoms with Gasteiger partial charge in [0.2, 0.25) is 10.0 Å². The minimum absolute atomic E-state index is 0.0283. The molecule has 0 atom stereocenters. The van der Waals surface area contributed by atoms with E-state index in [1.807, 2.05) is 20.8 Å². The molecule has 7 heteroatoms. The van der Waals surface area contributed by atoms with Crippen LogP contribution in [-0.4, -0.2) is 25.2 Å². The summed E-state index contributed by atoms with van der Waals surface area (Å²) in [6.45, 7) is 5.82. The molecule has 0 amide bonds. The van der Waals surface area contributed by atoms with Gasteiger partial charge in [-0.3, -0.25) is 4.72 Å². The molecule has 0 fully saturated rings. The maximum absolute atomic E-state index is 12.0. The first-order valence-electron chi connectivity index (χ1n) is 6.13. The molecular formula is C13H20N2O4S. The molecule has 0 saturated carbocycles. The van der Waals surface area contributed by atoms with Crippen molar-refractivity contribution in [3.63, 3.8) is 0 Å². The average Bonchev–Trinajstić information content (AvgIpc) is 2.28. The summed E-state index contributed by atoms with van der Waals surface area (Å²) in [4.78, 5) is 11.1. The number of carboxylic acid groups (broad SMARTS) is 1. The SMILES string of the molecule is CC(C)(C)CCS(=O)(=O)Nc1ccc(N)cc1C(=O)O. The maximum Gasteiger partial charge on any atom is 0.337 e. The minimum Gasteiger partial charge on any atom is -0.478 e. The van der Waals surface area contributed by atoms with Gasteiger partial charge in [0.15, 0.2) is 0 Å². The van der Waals surface area contributed by atoms with E-state index < -0.39 is 16.0 Å². The van der Waals surface area contributed by atoms with Gasteiger partial charge in [-0.1, -0.05) is 20.8 Å². The third-order valence-corrected chi connectivity index (χ3v) is 3.93. The Balaban J connectivity index is 2.95. The van der Waals surface area contributed by atoms with E-state index in [0.29, 0.717) is 6.42 Å². The van der Waals surface area contributed by atoms with Gasteiger partial charge in [-0.05, 0) is 30.0 Å². The monoisotopic (exact) mass is 300 g/mol. The van der Waals surface area contributed by atoms with E-state index in [1.165, 1.54) is 18.2 Å². The van der Waals surface area contributed by atoms with Gasteiger partial charge in [-0.2, -0.15) is 0 Å². The maximum atomic E-state index is 12.0. The number of nitrogens with one attached hydrogen (secondary N) is 1. The van der Waals surface area contributed by atoms with Crippen molar-refractivity contribution in [2.75, 3.05) is 16.2 Å². The number of nitrogen functional groups attached to an aromatic ring is 1. The van der Waals surface area contributed by atoms with Crippen LogP contribution < -0.4 is 10.5 Å². The fourth-order valence-corrected chi connectivity index (χ4v) is 2.98. The average molecular weight is 300 g/mol. The first kappa shape index (κ1) is 16.3. The molecule has 0 heterocycles. The van der Waals surface area contributed by atoms with Crippen LogP contribution in [-0.2, 0) is 10.0 Å². The van der Waals surface area contributed by atoms with Crippen LogP contribution in [0.3, 0.4) is 0 Å². The van der Waals surface area contributed by atoms with Crippen LogP contribution in [0, 0.1) is 5.41 Å². The first-order valence-corrected chi connectivity index (χ1v) is 7.79. The van der Waals surface area contributed by atoms with Gasteiger partial charge in [0.05, 0.1) is 17.0 Å². The fourth-order valence-electron chi connectivity index (χ4n) is 1.49. The lowest BCUT2D eigenvalue weighted by Crippen LogP contribution is -2.22. The van der Waals surface area contributed by atoms with Gasteiger partial charge in [-0.25, -0.2) is 13.2 Å². The summed E-state index contributed by atoms with van der Waals surface area (Å²) >= 11 is 0. The predicted molar refractivity (Wildman–Crippen MR) is 79.3 cm³/mol. The Labute approximate surface area is 119 Å². The highest BCUT2D eigenvalue weighted by Gasteiger charge is 2.20. The number of nitrogens with two attached hydrogens (primary N) is 1. The molecule has 0 bridgehead atoms. The summed E-state index contributed by atoms with van der Waals surface area (Å²) in [6, 6.07) is 4.03. The van der Waals surface area contributed by atoms with Crippen molar-refractivity contribution in [2.45, 2.75) is 27.2 Å². The lowest BCUT2D eigenvalue weighted by molar-refractivity contribution is 0.0698. The van der Waals surface area contributed by atoms with Crippen molar-refractivity contribution >= 4 is 27.4 Å². The van der Waals surface area contributed by atoms with Gasteiger partial charge in [-0.15, -0.1) is 0 Å². The van der Waals surface area contributed by atoms with Gasteiger partial charge in [0.1, 0.15) is 0 Å². The zero-order chi connectivity index (χ0) is 15.6. The molecule has 0 unspecified atom stereocenters. The summed E-state index contributed by atoms with van der Waals surface area (Å²) in [7, 11) is -3.59. The smallest absolute Gasteiger partial charge is 0.337 e. The van der Waals surface area contributed by atoms with E-state index in [-0.39, 0.29) is 28.1 Å². The molecule has 112 valence electrons. The second-order valence-electron chi connectivity index (χ2n) is 5.84. The first-order chi connectivity index (χ1) is 9.00. The van der Waals surface area contributed by atoms with Crippen LogP contribution in [0.4, 0.5) is 11.4 Å². The molecule has 6 nitrogen and oxygen atoms in total. The van der Waals surface area contributed by atoms with Crippen molar-refractivity contribution in [3.05, 3.63) is 23.8 Å². The third-order valence-electron chi connectivity index (χ3n) is 2.66. The van der Waals surface area contributed by atoms with Crippen LogP contribution in [0.5, 0.6) is 0 Å². The molecule has 0 aliphatic heterocycles. The Hall–Kier alpha value is -1.76. The van der Waals surface area contributed by atoms with Crippen molar-refractivity contribution < 1.29 is 18.3 Å². The normalized spacial score (nSPS) is 12.2. The number of sulfonamides is 1. The predicted octanol–water partition coefficient (Wildman–Crippen LogP) is 2.14. The summed E-state index contributed by atoms with van der Waals surface area (Å²) in [6.07, 6.45) is 0.472. The molecule has 0 saturated heterocycles. The molecule has 20 heavy (non-hydrogen) atoms. The molecule has 1 rings (SSSR count). The zero-order valence-electron chi connectivity index (χ0n) is 11.8. The highest BCUT2D eigenvalue weighted by Crippen LogP contribution is 2.23. The molecule has 0 aliphatic rings. The topological polar surface area (TPSA) is 109 Å². The number of hydrogen-bond donors (Lipinski definition) is 3. The van der Waals surface area contributed by atoms with Crippen LogP contribution in [0.15, 0.2) is 18.2 Å². The molecule has 0 aliphatic carbocycles. The lowest BCUT2D eigenvalue weighted by Gasteiger charge is -2.18. The summed E-state index contributed by atoms with van der Waals surface area (Å²) < 4.78 is 26.2. The van der Waals surface area contributed by atoms with E-state index in [9.17, 15) is 13.2 Å². The van der Waals surface area contributed by atoms with Crippen molar-refractivity contribution in [1.29, 1.82) is 0 Å². The van der Waals surface area contributed by atoms with E-state index in [2.05, 4.69) is 4.72 Å². The number of anilines is 2. The Morgan fingerprint density at radius 2 is 1.95 bits per heavy atom. The van der Waals surface area contributed by atoms with Gasteiger partial charge in [0, 0.05) is 5.69 Å². The number of rotatable bonds is 5. The summed E-state index contributed by atoms with van der Waals surface area (Å²) in [5.74, 6) is -1.30. The minimum atomic E-state index is -3.59. The summed E-state index contributed by atoms with van der Waals surface area (Å²) in [5.41, 5.74) is 5.51. The Morgan fingerprint density at radius 1 is 1.35 bits per heavy atom. The van der Waals surface area contributed by atoms with Gasteiger partial charge in [0.25, 0.3) is 0 Å². The molecule has 0 radical (unpaired) electrons. The second kappa shape index (κ2) is 5.70. The Kier molecular flexibility index (Phi) is 4.65.